The third-order valence-electron chi connectivity index (χ3n) is 4.89. The maximum Gasteiger partial charge on any atom is 0.0707 e. The highest BCUT2D eigenvalue weighted by molar-refractivity contribution is 5.82. The van der Waals surface area contributed by atoms with Crippen LogP contribution in [-0.2, 0) is 6.42 Å². The van der Waals surface area contributed by atoms with Crippen molar-refractivity contribution in [1.29, 1.82) is 0 Å². The van der Waals surface area contributed by atoms with Gasteiger partial charge in [0.15, 0.2) is 0 Å². The SMILES string of the molecule is Cc1cc(CCC2CCC(C)CC2)c2ccccc2n1. The van der Waals surface area contributed by atoms with Crippen LogP contribution in [0.1, 0.15) is 50.3 Å². The summed E-state index contributed by atoms with van der Waals surface area (Å²) in [6, 6.07) is 10.9. The first-order chi connectivity index (χ1) is 9.72. The Balaban J connectivity index is 1.74. The molecule has 1 fully saturated rings. The highest BCUT2D eigenvalue weighted by Gasteiger charge is 2.18. The van der Waals surface area contributed by atoms with E-state index in [2.05, 4.69) is 49.2 Å². The lowest BCUT2D eigenvalue weighted by molar-refractivity contribution is 0.278. The number of fused-ring (bicyclic) bond motifs is 1. The Morgan fingerprint density at radius 1 is 1.10 bits per heavy atom. The maximum atomic E-state index is 4.64. The van der Waals surface area contributed by atoms with Gasteiger partial charge in [0, 0.05) is 11.1 Å². The molecule has 0 atom stereocenters. The molecule has 0 bridgehead atoms. The Kier molecular flexibility index (Phi) is 4.05. The van der Waals surface area contributed by atoms with Gasteiger partial charge in [-0.3, -0.25) is 4.98 Å². The highest BCUT2D eigenvalue weighted by Crippen LogP contribution is 2.32. The quantitative estimate of drug-likeness (QED) is 0.735. The molecule has 0 unspecified atom stereocenters. The fourth-order valence-corrected chi connectivity index (χ4v) is 3.58. The van der Waals surface area contributed by atoms with E-state index in [4.69, 9.17) is 0 Å². The minimum atomic E-state index is 0.943. The molecule has 1 aliphatic rings. The monoisotopic (exact) mass is 267 g/mol. The van der Waals surface area contributed by atoms with Crippen molar-refractivity contribution in [2.45, 2.75) is 52.4 Å². The molecule has 1 saturated carbocycles. The van der Waals surface area contributed by atoms with Gasteiger partial charge in [0.2, 0.25) is 0 Å². The van der Waals surface area contributed by atoms with Gasteiger partial charge in [0.1, 0.15) is 0 Å². The summed E-state index contributed by atoms with van der Waals surface area (Å²) in [5.41, 5.74) is 3.79. The van der Waals surface area contributed by atoms with E-state index in [-0.39, 0.29) is 0 Å². The van der Waals surface area contributed by atoms with E-state index >= 15 is 0 Å². The van der Waals surface area contributed by atoms with E-state index in [1.807, 2.05) is 0 Å². The fourth-order valence-electron chi connectivity index (χ4n) is 3.58. The van der Waals surface area contributed by atoms with Crippen LogP contribution in [0.5, 0.6) is 0 Å². The predicted octanol–water partition coefficient (Wildman–Crippen LogP) is 5.30. The van der Waals surface area contributed by atoms with E-state index in [1.165, 1.54) is 49.5 Å². The van der Waals surface area contributed by atoms with Gasteiger partial charge < -0.3 is 0 Å². The molecule has 106 valence electrons. The molecule has 0 radical (unpaired) electrons. The zero-order chi connectivity index (χ0) is 13.9. The molecule has 1 heteroatoms. The molecule has 3 rings (SSSR count). The number of hydrogen-bond acceptors (Lipinski definition) is 1. The molecular formula is C19H25N. The first-order valence-corrected chi connectivity index (χ1v) is 8.07. The number of rotatable bonds is 3. The van der Waals surface area contributed by atoms with E-state index in [9.17, 15) is 0 Å². The van der Waals surface area contributed by atoms with Crippen molar-refractivity contribution < 1.29 is 0 Å². The number of para-hydroxylation sites is 1. The molecule has 1 aromatic heterocycles. The minimum Gasteiger partial charge on any atom is -0.253 e. The average Bonchev–Trinajstić information content (AvgIpc) is 2.46. The number of aromatic nitrogens is 1. The molecule has 1 heterocycles. The first-order valence-electron chi connectivity index (χ1n) is 8.07. The van der Waals surface area contributed by atoms with Crippen molar-refractivity contribution in [3.63, 3.8) is 0 Å². The second kappa shape index (κ2) is 5.95. The summed E-state index contributed by atoms with van der Waals surface area (Å²) in [5.74, 6) is 1.90. The van der Waals surface area contributed by atoms with Gasteiger partial charge in [-0.25, -0.2) is 0 Å². The van der Waals surface area contributed by atoms with Crippen molar-refractivity contribution >= 4 is 10.9 Å². The number of hydrogen-bond donors (Lipinski definition) is 0. The van der Waals surface area contributed by atoms with Crippen LogP contribution in [0, 0.1) is 18.8 Å². The first kappa shape index (κ1) is 13.6. The lowest BCUT2D eigenvalue weighted by Gasteiger charge is -2.26. The third kappa shape index (κ3) is 3.03. The average molecular weight is 267 g/mol. The molecule has 20 heavy (non-hydrogen) atoms. The van der Waals surface area contributed by atoms with Crippen molar-refractivity contribution in [2.75, 3.05) is 0 Å². The molecule has 0 aliphatic heterocycles. The minimum absolute atomic E-state index is 0.943. The second-order valence-corrected chi connectivity index (χ2v) is 6.60. The molecule has 1 aromatic carbocycles. The van der Waals surface area contributed by atoms with Crippen LogP contribution >= 0.6 is 0 Å². The van der Waals surface area contributed by atoms with Crippen LogP contribution in [0.3, 0.4) is 0 Å². The van der Waals surface area contributed by atoms with Crippen LogP contribution in [0.25, 0.3) is 10.9 Å². The van der Waals surface area contributed by atoms with Crippen molar-refractivity contribution in [2.24, 2.45) is 11.8 Å². The van der Waals surface area contributed by atoms with Crippen molar-refractivity contribution in [3.05, 3.63) is 41.6 Å². The predicted molar refractivity (Wildman–Crippen MR) is 85.9 cm³/mol. The van der Waals surface area contributed by atoms with Gasteiger partial charge in [-0.05, 0) is 49.3 Å². The van der Waals surface area contributed by atoms with Crippen LogP contribution in [-0.4, -0.2) is 4.98 Å². The summed E-state index contributed by atoms with van der Waals surface area (Å²) in [5, 5.41) is 1.35. The number of pyridine rings is 1. The van der Waals surface area contributed by atoms with E-state index < -0.39 is 0 Å². The summed E-state index contributed by atoms with van der Waals surface area (Å²) in [4.78, 5) is 4.64. The van der Waals surface area contributed by atoms with Crippen molar-refractivity contribution in [1.82, 2.24) is 4.98 Å². The summed E-state index contributed by atoms with van der Waals surface area (Å²) in [7, 11) is 0. The van der Waals surface area contributed by atoms with E-state index in [1.54, 1.807) is 0 Å². The molecule has 0 spiro atoms. The fraction of sp³-hybridized carbons (Fsp3) is 0.526. The smallest absolute Gasteiger partial charge is 0.0707 e. The van der Waals surface area contributed by atoms with Gasteiger partial charge in [0.05, 0.1) is 5.52 Å². The van der Waals surface area contributed by atoms with E-state index in [0.717, 1.165) is 23.0 Å². The Bertz CT molecular complexity index is 579. The van der Waals surface area contributed by atoms with Crippen LogP contribution in [0.15, 0.2) is 30.3 Å². The lowest BCUT2D eigenvalue weighted by Crippen LogP contribution is -2.13. The number of nitrogens with zero attached hydrogens (tertiary/aromatic N) is 1. The maximum absolute atomic E-state index is 4.64. The van der Waals surface area contributed by atoms with Gasteiger partial charge in [-0.15, -0.1) is 0 Å². The molecule has 0 N–H and O–H groups in total. The molecule has 2 aromatic rings. The zero-order valence-electron chi connectivity index (χ0n) is 12.7. The molecule has 1 nitrogen and oxygen atoms in total. The number of aryl methyl sites for hydroxylation is 2. The highest BCUT2D eigenvalue weighted by atomic mass is 14.7. The Hall–Kier alpha value is -1.37. The van der Waals surface area contributed by atoms with Crippen LogP contribution in [0.2, 0.25) is 0 Å². The molecule has 0 amide bonds. The van der Waals surface area contributed by atoms with Crippen molar-refractivity contribution in [3.8, 4) is 0 Å². The largest absolute Gasteiger partial charge is 0.253 e. The molecule has 0 saturated heterocycles. The summed E-state index contributed by atoms with van der Waals surface area (Å²) in [6.07, 6.45) is 8.29. The lowest BCUT2D eigenvalue weighted by atomic mass is 9.80. The zero-order valence-corrected chi connectivity index (χ0v) is 12.7. The van der Waals surface area contributed by atoms with Crippen LogP contribution in [0.4, 0.5) is 0 Å². The van der Waals surface area contributed by atoms with Gasteiger partial charge in [-0.2, -0.15) is 0 Å². The number of benzene rings is 1. The Labute approximate surface area is 122 Å². The van der Waals surface area contributed by atoms with E-state index in [0.29, 0.717) is 0 Å². The topological polar surface area (TPSA) is 12.9 Å². The standard InChI is InChI=1S/C19H25N/c1-14-7-9-16(10-8-14)11-12-17-13-15(2)20-19-6-4-3-5-18(17)19/h3-6,13-14,16H,7-12H2,1-2H3. The summed E-state index contributed by atoms with van der Waals surface area (Å²) >= 11 is 0. The normalized spacial score (nSPS) is 23.1. The van der Waals surface area contributed by atoms with Gasteiger partial charge in [-0.1, -0.05) is 50.8 Å². The van der Waals surface area contributed by atoms with Gasteiger partial charge in [0.25, 0.3) is 0 Å². The summed E-state index contributed by atoms with van der Waals surface area (Å²) < 4.78 is 0. The summed E-state index contributed by atoms with van der Waals surface area (Å²) in [6.45, 7) is 4.51. The second-order valence-electron chi connectivity index (χ2n) is 6.60. The Morgan fingerprint density at radius 3 is 2.65 bits per heavy atom. The van der Waals surface area contributed by atoms with Crippen LogP contribution < -0.4 is 0 Å². The Morgan fingerprint density at radius 2 is 1.85 bits per heavy atom. The molecule has 1 aliphatic carbocycles. The third-order valence-corrected chi connectivity index (χ3v) is 4.89. The molecular weight excluding hydrogens is 242 g/mol. The van der Waals surface area contributed by atoms with Gasteiger partial charge >= 0.3 is 0 Å².